The number of piperazine rings is 1. The van der Waals surface area contributed by atoms with Gasteiger partial charge < -0.3 is 4.90 Å². The number of hydrogen-bond donors (Lipinski definition) is 0. The third-order valence-electron chi connectivity index (χ3n) is 5.21. The maximum absolute atomic E-state index is 13.0. The van der Waals surface area contributed by atoms with Crippen LogP contribution in [0.2, 0.25) is 0 Å². The van der Waals surface area contributed by atoms with Gasteiger partial charge in [-0.25, -0.2) is 9.37 Å². The van der Waals surface area contributed by atoms with Crippen molar-refractivity contribution in [3.63, 3.8) is 0 Å². The first-order valence-electron chi connectivity index (χ1n) is 9.37. The van der Waals surface area contributed by atoms with Crippen LogP contribution in [0.25, 0.3) is 0 Å². The topological polar surface area (TPSA) is 36.4 Å². The summed E-state index contributed by atoms with van der Waals surface area (Å²) in [4.78, 5) is 21.8. The Morgan fingerprint density at radius 2 is 1.62 bits per heavy atom. The van der Waals surface area contributed by atoms with E-state index < -0.39 is 0 Å². The Bertz CT molecular complexity index is 718. The fourth-order valence-corrected chi connectivity index (χ4v) is 3.60. The summed E-state index contributed by atoms with van der Waals surface area (Å²) in [5.74, 6) is 0.426. The Labute approximate surface area is 154 Å². The SMILES string of the molecule is CCC(CC)N1CCN(c2ccc(C(=O)c3ccc(F)cc3)cn2)CC1. The second kappa shape index (κ2) is 8.41. The van der Waals surface area contributed by atoms with Crippen LogP contribution in [0.4, 0.5) is 10.2 Å². The summed E-state index contributed by atoms with van der Waals surface area (Å²) in [6.45, 7) is 8.50. The number of benzene rings is 1. The molecule has 2 aromatic rings. The zero-order valence-electron chi connectivity index (χ0n) is 15.5. The Morgan fingerprint density at radius 1 is 1.00 bits per heavy atom. The highest BCUT2D eigenvalue weighted by molar-refractivity contribution is 6.08. The van der Waals surface area contributed by atoms with Gasteiger partial charge in [-0.2, -0.15) is 0 Å². The molecule has 0 saturated carbocycles. The molecule has 1 aromatic heterocycles. The van der Waals surface area contributed by atoms with Gasteiger partial charge in [-0.05, 0) is 49.2 Å². The lowest BCUT2D eigenvalue weighted by Gasteiger charge is -2.39. The number of pyridine rings is 1. The number of carbonyl (C=O) groups is 1. The molecule has 4 nitrogen and oxygen atoms in total. The van der Waals surface area contributed by atoms with Gasteiger partial charge in [-0.3, -0.25) is 9.69 Å². The molecule has 5 heteroatoms. The van der Waals surface area contributed by atoms with Crippen molar-refractivity contribution < 1.29 is 9.18 Å². The Hall–Kier alpha value is -2.27. The molecule has 138 valence electrons. The Kier molecular flexibility index (Phi) is 5.99. The van der Waals surface area contributed by atoms with Crippen molar-refractivity contribution in [3.05, 3.63) is 59.5 Å². The third kappa shape index (κ3) is 4.10. The zero-order chi connectivity index (χ0) is 18.5. The van der Waals surface area contributed by atoms with Crippen LogP contribution in [-0.4, -0.2) is 47.9 Å². The molecule has 1 saturated heterocycles. The summed E-state index contributed by atoms with van der Waals surface area (Å²) in [6, 6.07) is 9.99. The van der Waals surface area contributed by atoms with Crippen LogP contribution >= 0.6 is 0 Å². The second-order valence-corrected chi connectivity index (χ2v) is 6.73. The first kappa shape index (κ1) is 18.5. The summed E-state index contributed by atoms with van der Waals surface area (Å²) < 4.78 is 13.0. The van der Waals surface area contributed by atoms with Crippen LogP contribution in [0.5, 0.6) is 0 Å². The summed E-state index contributed by atoms with van der Waals surface area (Å²) in [7, 11) is 0. The number of ketones is 1. The molecule has 0 unspecified atom stereocenters. The van der Waals surface area contributed by atoms with Crippen LogP contribution in [0, 0.1) is 5.82 Å². The summed E-state index contributed by atoms with van der Waals surface area (Å²) in [5, 5.41) is 0. The maximum atomic E-state index is 13.0. The van der Waals surface area contributed by atoms with E-state index in [4.69, 9.17) is 0 Å². The van der Waals surface area contributed by atoms with E-state index in [1.807, 2.05) is 6.07 Å². The largest absolute Gasteiger partial charge is 0.354 e. The molecule has 1 aliphatic heterocycles. The van der Waals surface area contributed by atoms with Crippen molar-refractivity contribution in [2.75, 3.05) is 31.1 Å². The Balaban J connectivity index is 1.63. The van der Waals surface area contributed by atoms with Crippen molar-refractivity contribution in [2.24, 2.45) is 0 Å². The van der Waals surface area contributed by atoms with Crippen LogP contribution in [0.15, 0.2) is 42.6 Å². The van der Waals surface area contributed by atoms with Gasteiger partial charge >= 0.3 is 0 Å². The van der Waals surface area contributed by atoms with Crippen LogP contribution < -0.4 is 4.90 Å². The molecule has 3 rings (SSSR count). The van der Waals surface area contributed by atoms with Crippen molar-refractivity contribution in [1.29, 1.82) is 0 Å². The smallest absolute Gasteiger partial charge is 0.194 e. The van der Waals surface area contributed by atoms with E-state index in [-0.39, 0.29) is 11.6 Å². The van der Waals surface area contributed by atoms with Crippen molar-refractivity contribution >= 4 is 11.6 Å². The lowest BCUT2D eigenvalue weighted by Crippen LogP contribution is -2.50. The first-order valence-corrected chi connectivity index (χ1v) is 9.37. The van der Waals surface area contributed by atoms with Gasteiger partial charge in [-0.15, -0.1) is 0 Å². The first-order chi connectivity index (χ1) is 12.6. The lowest BCUT2D eigenvalue weighted by molar-refractivity contribution is 0.103. The number of rotatable bonds is 6. The van der Waals surface area contributed by atoms with Gasteiger partial charge in [0.2, 0.25) is 0 Å². The zero-order valence-corrected chi connectivity index (χ0v) is 15.5. The average Bonchev–Trinajstić information content (AvgIpc) is 2.70. The van der Waals surface area contributed by atoms with Crippen LogP contribution in [-0.2, 0) is 0 Å². The standard InChI is InChI=1S/C21H26FN3O/c1-3-19(4-2)24-11-13-25(14-12-24)20-10-7-17(15-23-20)21(26)16-5-8-18(22)9-6-16/h5-10,15,19H,3-4,11-14H2,1-2H3. The van der Waals surface area contributed by atoms with Crippen molar-refractivity contribution in [1.82, 2.24) is 9.88 Å². The molecule has 0 N–H and O–H groups in total. The molecule has 2 heterocycles. The molecule has 1 aromatic carbocycles. The van der Waals surface area contributed by atoms with Gasteiger partial charge in [0.25, 0.3) is 0 Å². The Morgan fingerprint density at radius 3 is 2.15 bits per heavy atom. The molecule has 1 aliphatic rings. The van der Waals surface area contributed by atoms with Crippen molar-refractivity contribution in [3.8, 4) is 0 Å². The molecular formula is C21H26FN3O. The maximum Gasteiger partial charge on any atom is 0.194 e. The molecule has 26 heavy (non-hydrogen) atoms. The van der Waals surface area contributed by atoms with E-state index in [0.29, 0.717) is 17.2 Å². The molecule has 0 bridgehead atoms. The minimum absolute atomic E-state index is 0.136. The molecule has 0 spiro atoms. The highest BCUT2D eigenvalue weighted by atomic mass is 19.1. The van der Waals surface area contributed by atoms with E-state index in [9.17, 15) is 9.18 Å². The number of nitrogens with zero attached hydrogens (tertiary/aromatic N) is 3. The minimum Gasteiger partial charge on any atom is -0.354 e. The predicted molar refractivity (Wildman–Crippen MR) is 102 cm³/mol. The van der Waals surface area contributed by atoms with E-state index in [0.717, 1.165) is 32.0 Å². The highest BCUT2D eigenvalue weighted by Gasteiger charge is 2.22. The van der Waals surface area contributed by atoms with Crippen LogP contribution in [0.3, 0.4) is 0 Å². The monoisotopic (exact) mass is 355 g/mol. The predicted octanol–water partition coefficient (Wildman–Crippen LogP) is 3.76. The molecule has 1 fully saturated rings. The van der Waals surface area contributed by atoms with E-state index in [1.165, 1.54) is 37.1 Å². The molecule has 0 aliphatic carbocycles. The molecule has 0 amide bonds. The highest BCUT2D eigenvalue weighted by Crippen LogP contribution is 2.18. The normalized spacial score (nSPS) is 15.5. The fraction of sp³-hybridized carbons (Fsp3) is 0.429. The summed E-state index contributed by atoms with van der Waals surface area (Å²) in [6.07, 6.45) is 4.00. The number of aromatic nitrogens is 1. The van der Waals surface area contributed by atoms with Gasteiger partial charge in [0.15, 0.2) is 5.78 Å². The lowest BCUT2D eigenvalue weighted by atomic mass is 10.1. The van der Waals surface area contributed by atoms with E-state index in [2.05, 4.69) is 28.6 Å². The molecule has 0 atom stereocenters. The molecule has 0 radical (unpaired) electrons. The fourth-order valence-electron chi connectivity index (χ4n) is 3.60. The minimum atomic E-state index is -0.345. The van der Waals surface area contributed by atoms with E-state index >= 15 is 0 Å². The third-order valence-corrected chi connectivity index (χ3v) is 5.21. The van der Waals surface area contributed by atoms with Crippen LogP contribution in [0.1, 0.15) is 42.6 Å². The number of carbonyl (C=O) groups excluding carboxylic acids is 1. The molecular weight excluding hydrogens is 329 g/mol. The number of hydrogen-bond acceptors (Lipinski definition) is 4. The van der Waals surface area contributed by atoms with Gasteiger partial charge in [-0.1, -0.05) is 13.8 Å². The van der Waals surface area contributed by atoms with Gasteiger partial charge in [0.05, 0.1) is 0 Å². The number of anilines is 1. The average molecular weight is 355 g/mol. The second-order valence-electron chi connectivity index (χ2n) is 6.73. The number of halogens is 1. The van der Waals surface area contributed by atoms with Gasteiger partial charge in [0.1, 0.15) is 11.6 Å². The quantitative estimate of drug-likeness (QED) is 0.739. The summed E-state index contributed by atoms with van der Waals surface area (Å²) in [5.41, 5.74) is 0.996. The van der Waals surface area contributed by atoms with Crippen molar-refractivity contribution in [2.45, 2.75) is 32.7 Å². The van der Waals surface area contributed by atoms with E-state index in [1.54, 1.807) is 12.3 Å². The van der Waals surface area contributed by atoms with Gasteiger partial charge in [0, 0.05) is 49.5 Å². The summed E-state index contributed by atoms with van der Waals surface area (Å²) >= 11 is 0.